The van der Waals surface area contributed by atoms with Gasteiger partial charge in [0.25, 0.3) is 0 Å². The largest absolute Gasteiger partial charge is 0.490 e. The fourth-order valence-corrected chi connectivity index (χ4v) is 2.53. The van der Waals surface area contributed by atoms with Gasteiger partial charge in [-0.2, -0.15) is 0 Å². The minimum atomic E-state index is 0.370. The van der Waals surface area contributed by atoms with E-state index in [1.807, 2.05) is 6.07 Å². The molecule has 0 amide bonds. The Morgan fingerprint density at radius 3 is 2.53 bits per heavy atom. The van der Waals surface area contributed by atoms with E-state index in [4.69, 9.17) is 9.47 Å². The molecule has 0 fully saturated rings. The van der Waals surface area contributed by atoms with Gasteiger partial charge in [-0.05, 0) is 46.1 Å². The van der Waals surface area contributed by atoms with Crippen molar-refractivity contribution in [2.24, 2.45) is 5.92 Å². The molecule has 0 saturated carbocycles. The van der Waals surface area contributed by atoms with Gasteiger partial charge in [0, 0.05) is 13.2 Å². The van der Waals surface area contributed by atoms with E-state index in [1.54, 1.807) is 7.11 Å². The molecule has 19 heavy (non-hydrogen) atoms. The van der Waals surface area contributed by atoms with Crippen molar-refractivity contribution in [1.29, 1.82) is 0 Å². The van der Waals surface area contributed by atoms with Crippen LogP contribution in [0.2, 0.25) is 0 Å². The van der Waals surface area contributed by atoms with Gasteiger partial charge in [-0.25, -0.2) is 0 Å². The number of ether oxygens (including phenoxy) is 2. The predicted octanol–water partition coefficient (Wildman–Crippen LogP) is 3.78. The molecule has 1 unspecified atom stereocenters. The number of nitrogens with one attached hydrogen (secondary N) is 1. The first kappa shape index (κ1) is 16.5. The van der Waals surface area contributed by atoms with Crippen LogP contribution in [0.3, 0.4) is 0 Å². The summed E-state index contributed by atoms with van der Waals surface area (Å²) in [5.41, 5.74) is 1.28. The molecule has 1 aromatic rings. The van der Waals surface area contributed by atoms with Gasteiger partial charge in [0.05, 0.1) is 11.1 Å². The van der Waals surface area contributed by atoms with Gasteiger partial charge in [0.1, 0.15) is 12.4 Å². The minimum Gasteiger partial charge on any atom is -0.490 e. The molecule has 1 atom stereocenters. The van der Waals surface area contributed by atoms with Crippen LogP contribution in [-0.4, -0.2) is 26.9 Å². The summed E-state index contributed by atoms with van der Waals surface area (Å²) in [4.78, 5) is 0. The van der Waals surface area contributed by atoms with Gasteiger partial charge in [0.2, 0.25) is 0 Å². The molecule has 4 heteroatoms. The van der Waals surface area contributed by atoms with E-state index in [2.05, 4.69) is 54.2 Å². The number of methoxy groups -OCH3 is 1. The highest BCUT2D eigenvalue weighted by molar-refractivity contribution is 9.10. The molecule has 3 nitrogen and oxygen atoms in total. The Labute approximate surface area is 124 Å². The number of benzene rings is 1. The highest BCUT2D eigenvalue weighted by Crippen LogP contribution is 2.30. The Balaban J connectivity index is 2.79. The van der Waals surface area contributed by atoms with Crippen molar-refractivity contribution in [3.05, 3.63) is 28.2 Å². The lowest BCUT2D eigenvalue weighted by molar-refractivity contribution is 0.146. The standard InChI is InChI=1S/C15H24BrNO2/c1-5-17-15(11(2)3)12-6-7-14(13(16)10-12)19-9-8-18-4/h6-7,10-11,15,17H,5,8-9H2,1-4H3. The molecule has 0 spiro atoms. The quantitative estimate of drug-likeness (QED) is 0.736. The summed E-state index contributed by atoms with van der Waals surface area (Å²) in [5.74, 6) is 1.41. The molecule has 0 radical (unpaired) electrons. The average Bonchev–Trinajstić information content (AvgIpc) is 2.37. The van der Waals surface area contributed by atoms with Crippen LogP contribution in [-0.2, 0) is 4.74 Å². The Morgan fingerprint density at radius 1 is 1.26 bits per heavy atom. The zero-order valence-corrected chi connectivity index (χ0v) is 13.8. The predicted molar refractivity (Wildman–Crippen MR) is 82.8 cm³/mol. The molecule has 0 heterocycles. The molecule has 108 valence electrons. The molecule has 0 aliphatic rings. The first-order chi connectivity index (χ1) is 9.10. The first-order valence-corrected chi connectivity index (χ1v) is 7.54. The van der Waals surface area contributed by atoms with E-state index in [9.17, 15) is 0 Å². The normalized spacial score (nSPS) is 12.7. The van der Waals surface area contributed by atoms with E-state index in [0.29, 0.717) is 25.2 Å². The molecule has 0 saturated heterocycles. The van der Waals surface area contributed by atoms with Crippen molar-refractivity contribution in [2.75, 3.05) is 26.9 Å². The summed E-state index contributed by atoms with van der Waals surface area (Å²) >= 11 is 3.57. The summed E-state index contributed by atoms with van der Waals surface area (Å²) in [7, 11) is 1.67. The molecule has 0 aliphatic heterocycles. The number of halogens is 1. The molecule has 1 aromatic carbocycles. The lowest BCUT2D eigenvalue weighted by Crippen LogP contribution is -2.25. The molecule has 1 N–H and O–H groups in total. The van der Waals surface area contributed by atoms with E-state index in [-0.39, 0.29) is 0 Å². The van der Waals surface area contributed by atoms with E-state index >= 15 is 0 Å². The summed E-state index contributed by atoms with van der Waals surface area (Å²) in [6.45, 7) is 8.71. The maximum absolute atomic E-state index is 5.64. The van der Waals surface area contributed by atoms with Crippen LogP contribution >= 0.6 is 15.9 Å². The molecular formula is C15H24BrNO2. The van der Waals surface area contributed by atoms with E-state index < -0.39 is 0 Å². The second kappa shape index (κ2) is 8.56. The maximum Gasteiger partial charge on any atom is 0.133 e. The van der Waals surface area contributed by atoms with Crippen LogP contribution in [0.25, 0.3) is 0 Å². The lowest BCUT2D eigenvalue weighted by atomic mass is 9.96. The lowest BCUT2D eigenvalue weighted by Gasteiger charge is -2.23. The smallest absolute Gasteiger partial charge is 0.133 e. The number of rotatable bonds is 8. The van der Waals surface area contributed by atoms with Crippen LogP contribution in [0, 0.1) is 5.92 Å². The second-order valence-corrected chi connectivity index (χ2v) is 5.66. The summed E-state index contributed by atoms with van der Waals surface area (Å²) in [6, 6.07) is 6.65. The van der Waals surface area contributed by atoms with Crippen LogP contribution < -0.4 is 10.1 Å². The van der Waals surface area contributed by atoms with Crippen molar-refractivity contribution >= 4 is 15.9 Å². The monoisotopic (exact) mass is 329 g/mol. The number of hydrogen-bond donors (Lipinski definition) is 1. The van der Waals surface area contributed by atoms with Crippen LogP contribution in [0.4, 0.5) is 0 Å². The van der Waals surface area contributed by atoms with Crippen molar-refractivity contribution in [3.63, 3.8) is 0 Å². The molecule has 0 aliphatic carbocycles. The molecule has 0 bridgehead atoms. The van der Waals surface area contributed by atoms with Crippen molar-refractivity contribution in [3.8, 4) is 5.75 Å². The highest BCUT2D eigenvalue weighted by Gasteiger charge is 2.15. The van der Waals surface area contributed by atoms with Crippen LogP contribution in [0.1, 0.15) is 32.4 Å². The van der Waals surface area contributed by atoms with Crippen molar-refractivity contribution in [2.45, 2.75) is 26.8 Å². The fraction of sp³-hybridized carbons (Fsp3) is 0.600. The Hall–Kier alpha value is -0.580. The number of hydrogen-bond acceptors (Lipinski definition) is 3. The molecular weight excluding hydrogens is 306 g/mol. The van der Waals surface area contributed by atoms with E-state index in [0.717, 1.165) is 16.8 Å². The van der Waals surface area contributed by atoms with Gasteiger partial charge in [0.15, 0.2) is 0 Å². The zero-order valence-electron chi connectivity index (χ0n) is 12.2. The third-order valence-corrected chi connectivity index (χ3v) is 3.57. The van der Waals surface area contributed by atoms with Crippen molar-refractivity contribution in [1.82, 2.24) is 5.32 Å². The minimum absolute atomic E-state index is 0.370. The fourth-order valence-electron chi connectivity index (χ4n) is 2.02. The second-order valence-electron chi connectivity index (χ2n) is 4.81. The summed E-state index contributed by atoms with van der Waals surface area (Å²) < 4.78 is 11.6. The van der Waals surface area contributed by atoms with Crippen molar-refractivity contribution < 1.29 is 9.47 Å². The van der Waals surface area contributed by atoms with Gasteiger partial charge in [-0.15, -0.1) is 0 Å². The average molecular weight is 330 g/mol. The van der Waals surface area contributed by atoms with Gasteiger partial charge >= 0.3 is 0 Å². The third-order valence-electron chi connectivity index (χ3n) is 2.95. The highest BCUT2D eigenvalue weighted by atomic mass is 79.9. The summed E-state index contributed by atoms with van der Waals surface area (Å²) in [6.07, 6.45) is 0. The van der Waals surface area contributed by atoms with Gasteiger partial charge < -0.3 is 14.8 Å². The topological polar surface area (TPSA) is 30.5 Å². The summed E-state index contributed by atoms with van der Waals surface area (Å²) in [5, 5.41) is 3.52. The molecule has 1 rings (SSSR count). The third kappa shape index (κ3) is 5.13. The first-order valence-electron chi connectivity index (χ1n) is 6.74. The Morgan fingerprint density at radius 2 is 2.00 bits per heavy atom. The Kier molecular flexibility index (Phi) is 7.42. The maximum atomic E-state index is 5.64. The van der Waals surface area contributed by atoms with Crippen LogP contribution in [0.5, 0.6) is 5.75 Å². The SMILES string of the molecule is CCNC(c1ccc(OCCOC)c(Br)c1)C(C)C. The Bertz CT molecular complexity index is 382. The van der Waals surface area contributed by atoms with Gasteiger partial charge in [-0.1, -0.05) is 26.8 Å². The zero-order chi connectivity index (χ0) is 14.3. The molecule has 0 aromatic heterocycles. The van der Waals surface area contributed by atoms with Gasteiger partial charge in [-0.3, -0.25) is 0 Å². The van der Waals surface area contributed by atoms with E-state index in [1.165, 1.54) is 5.56 Å². The van der Waals surface area contributed by atoms with Crippen LogP contribution in [0.15, 0.2) is 22.7 Å².